The number of carbonyl (C=O) groups excluding carboxylic acids is 1. The van der Waals surface area contributed by atoms with Crippen molar-refractivity contribution in [2.75, 3.05) is 5.73 Å². The lowest BCUT2D eigenvalue weighted by atomic mass is 9.74. The van der Waals surface area contributed by atoms with Crippen molar-refractivity contribution in [3.8, 4) is 0 Å². The fourth-order valence-corrected chi connectivity index (χ4v) is 4.68. The summed E-state index contributed by atoms with van der Waals surface area (Å²) in [6.07, 6.45) is 0.936. The van der Waals surface area contributed by atoms with E-state index in [0.29, 0.717) is 40.6 Å². The lowest BCUT2D eigenvalue weighted by molar-refractivity contribution is -0.118. The van der Waals surface area contributed by atoms with Gasteiger partial charge in [0.1, 0.15) is 6.04 Å². The van der Waals surface area contributed by atoms with E-state index in [1.807, 2.05) is 26.0 Å². The molecule has 0 spiro atoms. The Labute approximate surface area is 166 Å². The van der Waals surface area contributed by atoms with E-state index >= 15 is 0 Å². The van der Waals surface area contributed by atoms with Crippen LogP contribution in [-0.4, -0.2) is 15.1 Å². The summed E-state index contributed by atoms with van der Waals surface area (Å²) in [7, 11) is 0. The van der Waals surface area contributed by atoms with Gasteiger partial charge >= 0.3 is 0 Å². The fraction of sp³-hybridized carbons (Fsp3) is 0.261. The number of allylic oxidation sites excluding steroid dienone is 2. The monoisotopic (exact) mass is 387 g/mol. The van der Waals surface area contributed by atoms with Crippen LogP contribution in [0.3, 0.4) is 0 Å². The van der Waals surface area contributed by atoms with E-state index in [1.54, 1.807) is 36.4 Å². The van der Waals surface area contributed by atoms with Crippen molar-refractivity contribution >= 4 is 27.9 Å². The zero-order valence-corrected chi connectivity index (χ0v) is 16.3. The first kappa shape index (κ1) is 17.7. The first-order chi connectivity index (χ1) is 13.8. The molecule has 2 aliphatic rings. The molecule has 6 heteroatoms. The number of nitrogen functional groups attached to an aromatic ring is 1. The number of Topliss-reactive ketones (excluding diaryl/α,β-unsaturated/α-hetero) is 1. The Balaban J connectivity index is 1.92. The molecule has 2 aromatic carbocycles. The Morgan fingerprint density at radius 2 is 1.52 bits per heavy atom. The van der Waals surface area contributed by atoms with E-state index in [1.165, 1.54) is 9.36 Å². The zero-order valence-electron chi connectivity index (χ0n) is 16.3. The number of nitrogens with zero attached hydrogens (tertiary/aromatic N) is 2. The van der Waals surface area contributed by atoms with Gasteiger partial charge in [0, 0.05) is 17.7 Å². The van der Waals surface area contributed by atoms with Gasteiger partial charge in [0.05, 0.1) is 16.5 Å². The highest BCUT2D eigenvalue weighted by Crippen LogP contribution is 2.46. The number of hydrogen-bond donors (Lipinski definition) is 1. The molecule has 5 rings (SSSR count). The van der Waals surface area contributed by atoms with Crippen LogP contribution in [0.2, 0.25) is 0 Å². The molecule has 0 amide bonds. The quantitative estimate of drug-likeness (QED) is 0.651. The highest BCUT2D eigenvalue weighted by molar-refractivity contribution is 6.04. The number of aromatic nitrogens is 2. The summed E-state index contributed by atoms with van der Waals surface area (Å²) in [5.41, 5.74) is 7.57. The predicted octanol–water partition coefficient (Wildman–Crippen LogP) is 2.95. The molecule has 146 valence electrons. The van der Waals surface area contributed by atoms with Gasteiger partial charge in [-0.2, -0.15) is 0 Å². The lowest BCUT2D eigenvalue weighted by Crippen LogP contribution is -2.37. The maximum Gasteiger partial charge on any atom is 0.277 e. The average Bonchev–Trinajstić information content (AvgIpc) is 3.01. The van der Waals surface area contributed by atoms with Crippen LogP contribution in [0.15, 0.2) is 63.7 Å². The van der Waals surface area contributed by atoms with Gasteiger partial charge in [-0.1, -0.05) is 38.1 Å². The van der Waals surface area contributed by atoms with Crippen LogP contribution in [0.25, 0.3) is 16.5 Å². The largest absolute Gasteiger partial charge is 0.399 e. The Bertz CT molecular complexity index is 1340. The van der Waals surface area contributed by atoms with Crippen LogP contribution in [0.1, 0.15) is 38.3 Å². The lowest BCUT2D eigenvalue weighted by Gasteiger charge is -2.30. The molecule has 2 N–H and O–H groups in total. The zero-order chi connectivity index (χ0) is 20.5. The van der Waals surface area contributed by atoms with Gasteiger partial charge in [-0.05, 0) is 41.7 Å². The first-order valence-electron chi connectivity index (χ1n) is 9.67. The van der Waals surface area contributed by atoms with E-state index in [9.17, 15) is 14.4 Å². The molecule has 0 bridgehead atoms. The SMILES string of the molecule is CC1(C)CC(=O)C2=C(C1)n1c(=O)c3ccccc3c(=O)n1C2c1ccc(N)cc1. The molecule has 0 fully saturated rings. The summed E-state index contributed by atoms with van der Waals surface area (Å²) < 4.78 is 2.90. The third kappa shape index (κ3) is 2.45. The van der Waals surface area contributed by atoms with Crippen LogP contribution in [0.5, 0.6) is 0 Å². The van der Waals surface area contributed by atoms with E-state index in [-0.39, 0.29) is 22.3 Å². The number of carbonyl (C=O) groups is 1. The number of anilines is 1. The summed E-state index contributed by atoms with van der Waals surface area (Å²) in [6.45, 7) is 4.03. The van der Waals surface area contributed by atoms with Gasteiger partial charge in [-0.3, -0.25) is 14.4 Å². The average molecular weight is 387 g/mol. The molecular weight excluding hydrogens is 366 g/mol. The van der Waals surface area contributed by atoms with Gasteiger partial charge in [-0.15, -0.1) is 0 Å². The molecule has 29 heavy (non-hydrogen) atoms. The minimum Gasteiger partial charge on any atom is -0.399 e. The van der Waals surface area contributed by atoms with Gasteiger partial charge in [0.2, 0.25) is 0 Å². The number of ketones is 1. The first-order valence-corrected chi connectivity index (χ1v) is 9.67. The Morgan fingerprint density at radius 3 is 2.17 bits per heavy atom. The maximum atomic E-state index is 13.5. The van der Waals surface area contributed by atoms with E-state index in [4.69, 9.17) is 5.73 Å². The number of fused-ring (bicyclic) bond motifs is 3. The molecule has 6 nitrogen and oxygen atoms in total. The summed E-state index contributed by atoms with van der Waals surface area (Å²) in [4.78, 5) is 40.1. The molecule has 1 aliphatic heterocycles. The number of hydrogen-bond acceptors (Lipinski definition) is 4. The smallest absolute Gasteiger partial charge is 0.277 e. The minimum atomic E-state index is -0.626. The third-order valence-electron chi connectivity index (χ3n) is 5.93. The third-order valence-corrected chi connectivity index (χ3v) is 5.93. The fourth-order valence-electron chi connectivity index (χ4n) is 4.68. The molecule has 1 atom stereocenters. The molecule has 1 unspecified atom stereocenters. The molecule has 1 aromatic heterocycles. The molecule has 2 heterocycles. The number of nitrogens with two attached hydrogens (primary N) is 1. The van der Waals surface area contributed by atoms with Crippen molar-refractivity contribution in [2.24, 2.45) is 5.41 Å². The summed E-state index contributed by atoms with van der Waals surface area (Å²) in [5, 5.41) is 0.732. The number of benzene rings is 2. The van der Waals surface area contributed by atoms with Gasteiger partial charge in [-0.25, -0.2) is 9.36 Å². The summed E-state index contributed by atoms with van der Waals surface area (Å²) >= 11 is 0. The van der Waals surface area contributed by atoms with Gasteiger partial charge in [0.15, 0.2) is 5.78 Å². The van der Waals surface area contributed by atoms with Gasteiger partial charge < -0.3 is 5.73 Å². The normalized spacial score (nSPS) is 20.1. The van der Waals surface area contributed by atoms with E-state index in [2.05, 4.69) is 0 Å². The Hall–Kier alpha value is -3.41. The van der Waals surface area contributed by atoms with E-state index < -0.39 is 6.04 Å². The van der Waals surface area contributed by atoms with Crippen LogP contribution in [0.4, 0.5) is 5.69 Å². The standard InChI is InChI=1S/C23H21N3O3/c1-23(2)11-17-19(18(27)12-23)20(13-7-9-14(24)10-8-13)26-22(29)16-6-4-3-5-15(16)21(28)25(17)26/h3-10,20H,11-12,24H2,1-2H3. The number of rotatable bonds is 1. The molecule has 0 radical (unpaired) electrons. The molecule has 0 saturated carbocycles. The second-order valence-corrected chi connectivity index (χ2v) is 8.68. The van der Waals surface area contributed by atoms with Crippen molar-refractivity contribution in [1.82, 2.24) is 9.36 Å². The topological polar surface area (TPSA) is 87.1 Å². The maximum absolute atomic E-state index is 13.5. The van der Waals surface area contributed by atoms with Crippen molar-refractivity contribution in [1.29, 1.82) is 0 Å². The van der Waals surface area contributed by atoms with Crippen molar-refractivity contribution in [3.63, 3.8) is 0 Å². The van der Waals surface area contributed by atoms with Crippen molar-refractivity contribution in [3.05, 3.63) is 80.4 Å². The van der Waals surface area contributed by atoms with Gasteiger partial charge in [0.25, 0.3) is 11.1 Å². The predicted molar refractivity (Wildman–Crippen MR) is 113 cm³/mol. The Kier molecular flexibility index (Phi) is 3.53. The second kappa shape index (κ2) is 5.80. The van der Waals surface area contributed by atoms with Crippen LogP contribution in [-0.2, 0) is 4.79 Å². The van der Waals surface area contributed by atoms with Crippen molar-refractivity contribution < 1.29 is 4.79 Å². The molecular formula is C23H21N3O3. The second-order valence-electron chi connectivity index (χ2n) is 8.68. The van der Waals surface area contributed by atoms with Crippen molar-refractivity contribution in [2.45, 2.75) is 32.7 Å². The van der Waals surface area contributed by atoms with E-state index in [0.717, 1.165) is 5.56 Å². The minimum absolute atomic E-state index is 0.0165. The molecule has 0 saturated heterocycles. The summed E-state index contributed by atoms with van der Waals surface area (Å²) in [6, 6.07) is 13.3. The highest BCUT2D eigenvalue weighted by atomic mass is 16.2. The Morgan fingerprint density at radius 1 is 0.897 bits per heavy atom. The molecule has 3 aromatic rings. The highest BCUT2D eigenvalue weighted by Gasteiger charge is 2.44. The van der Waals surface area contributed by atoms with Crippen LogP contribution in [0, 0.1) is 5.41 Å². The molecule has 1 aliphatic carbocycles. The van der Waals surface area contributed by atoms with Crippen LogP contribution >= 0.6 is 0 Å². The van der Waals surface area contributed by atoms with Crippen LogP contribution < -0.4 is 16.9 Å². The summed E-state index contributed by atoms with van der Waals surface area (Å²) in [5.74, 6) is -0.0165.